The first-order valence-corrected chi connectivity index (χ1v) is 6.77. The molecule has 1 atom stereocenters. The van der Waals surface area contributed by atoms with Gasteiger partial charge in [-0.1, -0.05) is 6.07 Å². The molecule has 0 radical (unpaired) electrons. The Morgan fingerprint density at radius 2 is 2.28 bits per heavy atom. The van der Waals surface area contributed by atoms with Crippen molar-refractivity contribution in [3.05, 3.63) is 29.8 Å². The van der Waals surface area contributed by atoms with E-state index in [1.165, 1.54) is 0 Å². The fraction of sp³-hybridized carbons (Fsp3) is 0.500. The molecule has 0 aliphatic carbocycles. The zero-order valence-corrected chi connectivity index (χ0v) is 11.9. The highest BCUT2D eigenvalue weighted by Gasteiger charge is 2.29. The van der Waals surface area contributed by atoms with E-state index in [1.807, 2.05) is 29.2 Å². The lowest BCUT2D eigenvalue weighted by atomic mass is 10.1. The number of hydrogen-bond donors (Lipinski definition) is 1. The molecule has 1 aliphatic rings. The third kappa shape index (κ3) is 3.06. The van der Waals surface area contributed by atoms with E-state index in [1.54, 1.807) is 0 Å². The second-order valence-electron chi connectivity index (χ2n) is 5.11. The number of benzene rings is 1. The van der Waals surface area contributed by atoms with Gasteiger partial charge in [0.2, 0.25) is 0 Å². The van der Waals surface area contributed by atoms with E-state index in [2.05, 4.69) is 31.6 Å². The standard InChI is InChI=1S/C14H20N2OS/c1-15(2)10-12-6-4-8-16(12)14(17)11-5-3-7-13(18)9-11/h3,5,7,9,12,18H,4,6,8,10H2,1-2H3. The molecule has 1 fully saturated rings. The van der Waals surface area contributed by atoms with Crippen LogP contribution in [0.4, 0.5) is 0 Å². The van der Waals surface area contributed by atoms with Crippen LogP contribution >= 0.6 is 12.6 Å². The number of amides is 1. The zero-order valence-electron chi connectivity index (χ0n) is 11.0. The average molecular weight is 264 g/mol. The van der Waals surface area contributed by atoms with Gasteiger partial charge in [0.25, 0.3) is 5.91 Å². The quantitative estimate of drug-likeness (QED) is 0.846. The van der Waals surface area contributed by atoms with Gasteiger partial charge < -0.3 is 9.80 Å². The second-order valence-corrected chi connectivity index (χ2v) is 5.62. The van der Waals surface area contributed by atoms with E-state index < -0.39 is 0 Å². The normalized spacial score (nSPS) is 19.6. The fourth-order valence-corrected chi connectivity index (χ4v) is 2.74. The maximum atomic E-state index is 12.5. The molecule has 1 saturated heterocycles. The van der Waals surface area contributed by atoms with Crippen molar-refractivity contribution >= 4 is 18.5 Å². The molecule has 0 saturated carbocycles. The topological polar surface area (TPSA) is 23.6 Å². The van der Waals surface area contributed by atoms with E-state index in [0.717, 1.165) is 36.4 Å². The highest BCUT2D eigenvalue weighted by atomic mass is 32.1. The van der Waals surface area contributed by atoms with Crippen LogP contribution in [0.15, 0.2) is 29.2 Å². The molecule has 2 rings (SSSR count). The number of likely N-dealkylation sites (N-methyl/N-ethyl adjacent to an activating group) is 1. The summed E-state index contributed by atoms with van der Waals surface area (Å²) in [6.45, 7) is 1.81. The van der Waals surface area contributed by atoms with Crippen LogP contribution in [0.25, 0.3) is 0 Å². The van der Waals surface area contributed by atoms with Gasteiger partial charge in [-0.15, -0.1) is 12.6 Å². The second kappa shape index (κ2) is 5.76. The van der Waals surface area contributed by atoms with E-state index in [-0.39, 0.29) is 5.91 Å². The van der Waals surface area contributed by atoms with Crippen molar-refractivity contribution in [1.29, 1.82) is 0 Å². The minimum absolute atomic E-state index is 0.134. The zero-order chi connectivity index (χ0) is 13.1. The summed E-state index contributed by atoms with van der Waals surface area (Å²) < 4.78 is 0. The van der Waals surface area contributed by atoms with Crippen molar-refractivity contribution in [3.63, 3.8) is 0 Å². The minimum Gasteiger partial charge on any atom is -0.334 e. The first kappa shape index (κ1) is 13.4. The number of hydrogen-bond acceptors (Lipinski definition) is 3. The van der Waals surface area contributed by atoms with Crippen molar-refractivity contribution < 1.29 is 4.79 Å². The Morgan fingerprint density at radius 3 is 2.94 bits per heavy atom. The molecule has 1 heterocycles. The number of nitrogens with zero attached hydrogens (tertiary/aromatic N) is 2. The number of thiol groups is 1. The van der Waals surface area contributed by atoms with Gasteiger partial charge in [0.1, 0.15) is 0 Å². The van der Waals surface area contributed by atoms with Crippen LogP contribution in [0, 0.1) is 0 Å². The number of carbonyl (C=O) groups excluding carboxylic acids is 1. The molecule has 98 valence electrons. The van der Waals surface area contributed by atoms with Gasteiger partial charge in [0.15, 0.2) is 0 Å². The van der Waals surface area contributed by atoms with E-state index in [9.17, 15) is 4.79 Å². The molecule has 18 heavy (non-hydrogen) atoms. The highest BCUT2D eigenvalue weighted by Crippen LogP contribution is 2.21. The Kier molecular flexibility index (Phi) is 4.30. The van der Waals surface area contributed by atoms with E-state index in [0.29, 0.717) is 6.04 Å². The molecule has 0 bridgehead atoms. The van der Waals surface area contributed by atoms with Gasteiger partial charge in [-0.2, -0.15) is 0 Å². The summed E-state index contributed by atoms with van der Waals surface area (Å²) in [5, 5.41) is 0. The Hall–Kier alpha value is -1.00. The van der Waals surface area contributed by atoms with Crippen LogP contribution in [0.3, 0.4) is 0 Å². The summed E-state index contributed by atoms with van der Waals surface area (Å²) in [5.74, 6) is 0.134. The van der Waals surface area contributed by atoms with E-state index in [4.69, 9.17) is 0 Å². The summed E-state index contributed by atoms with van der Waals surface area (Å²) in [5.41, 5.74) is 0.744. The molecular formula is C14H20N2OS. The highest BCUT2D eigenvalue weighted by molar-refractivity contribution is 7.80. The van der Waals surface area contributed by atoms with Crippen LogP contribution in [0.2, 0.25) is 0 Å². The van der Waals surface area contributed by atoms with Crippen LogP contribution in [-0.2, 0) is 0 Å². The van der Waals surface area contributed by atoms with Crippen molar-refractivity contribution in [2.45, 2.75) is 23.8 Å². The molecule has 1 unspecified atom stereocenters. The molecule has 0 N–H and O–H groups in total. The van der Waals surface area contributed by atoms with Gasteiger partial charge in [0.05, 0.1) is 0 Å². The van der Waals surface area contributed by atoms with Crippen LogP contribution < -0.4 is 0 Å². The lowest BCUT2D eigenvalue weighted by Gasteiger charge is -2.27. The first-order chi connectivity index (χ1) is 8.58. The SMILES string of the molecule is CN(C)CC1CCCN1C(=O)c1cccc(S)c1. The summed E-state index contributed by atoms with van der Waals surface area (Å²) in [7, 11) is 4.10. The van der Waals surface area contributed by atoms with Crippen molar-refractivity contribution in [1.82, 2.24) is 9.80 Å². The molecule has 1 aromatic carbocycles. The summed E-state index contributed by atoms with van der Waals surface area (Å²) in [6.07, 6.45) is 2.20. The number of rotatable bonds is 3. The molecule has 4 heteroatoms. The van der Waals surface area contributed by atoms with Crippen LogP contribution in [-0.4, -0.2) is 48.9 Å². The lowest BCUT2D eigenvalue weighted by Crippen LogP contribution is -2.41. The largest absolute Gasteiger partial charge is 0.334 e. The summed E-state index contributed by atoms with van der Waals surface area (Å²) in [6, 6.07) is 7.83. The predicted molar refractivity (Wildman–Crippen MR) is 76.3 cm³/mol. The van der Waals surface area contributed by atoms with E-state index >= 15 is 0 Å². The Morgan fingerprint density at radius 1 is 1.50 bits per heavy atom. The van der Waals surface area contributed by atoms with Crippen LogP contribution in [0.5, 0.6) is 0 Å². The van der Waals surface area contributed by atoms with Crippen molar-refractivity contribution in [3.8, 4) is 0 Å². The van der Waals surface area contributed by atoms with Crippen molar-refractivity contribution in [2.24, 2.45) is 0 Å². The number of carbonyl (C=O) groups is 1. The Bertz CT molecular complexity index is 434. The third-order valence-corrected chi connectivity index (χ3v) is 3.59. The third-order valence-electron chi connectivity index (χ3n) is 3.31. The van der Waals surface area contributed by atoms with Gasteiger partial charge in [-0.3, -0.25) is 4.79 Å². The molecular weight excluding hydrogens is 244 g/mol. The lowest BCUT2D eigenvalue weighted by molar-refractivity contribution is 0.0716. The Balaban J connectivity index is 2.12. The maximum absolute atomic E-state index is 12.5. The van der Waals surface area contributed by atoms with Gasteiger partial charge in [0, 0.05) is 29.6 Å². The molecule has 1 aliphatic heterocycles. The molecule has 1 aromatic rings. The monoisotopic (exact) mass is 264 g/mol. The van der Waals surface area contributed by atoms with Gasteiger partial charge >= 0.3 is 0 Å². The van der Waals surface area contributed by atoms with Gasteiger partial charge in [-0.05, 0) is 45.1 Å². The molecule has 0 spiro atoms. The molecule has 3 nitrogen and oxygen atoms in total. The van der Waals surface area contributed by atoms with Crippen molar-refractivity contribution in [2.75, 3.05) is 27.2 Å². The molecule has 1 amide bonds. The minimum atomic E-state index is 0.134. The maximum Gasteiger partial charge on any atom is 0.254 e. The summed E-state index contributed by atoms with van der Waals surface area (Å²) >= 11 is 4.29. The summed E-state index contributed by atoms with van der Waals surface area (Å²) in [4.78, 5) is 17.4. The van der Waals surface area contributed by atoms with Crippen LogP contribution in [0.1, 0.15) is 23.2 Å². The molecule has 0 aromatic heterocycles. The average Bonchev–Trinajstić information content (AvgIpc) is 2.75. The fourth-order valence-electron chi connectivity index (χ4n) is 2.52. The Labute approximate surface area is 114 Å². The smallest absolute Gasteiger partial charge is 0.254 e. The van der Waals surface area contributed by atoms with Gasteiger partial charge in [-0.25, -0.2) is 0 Å². The number of likely N-dealkylation sites (tertiary alicyclic amines) is 1. The first-order valence-electron chi connectivity index (χ1n) is 6.32. The predicted octanol–water partition coefficient (Wildman–Crippen LogP) is 2.14.